The van der Waals surface area contributed by atoms with E-state index in [-0.39, 0.29) is 17.4 Å². The Morgan fingerprint density at radius 3 is 2.67 bits per heavy atom. The van der Waals surface area contributed by atoms with Gasteiger partial charge in [-0.3, -0.25) is 14.5 Å². The van der Waals surface area contributed by atoms with Crippen LogP contribution >= 0.6 is 27.3 Å². The van der Waals surface area contributed by atoms with Gasteiger partial charge in [0.05, 0.1) is 21.8 Å². The predicted octanol–water partition coefficient (Wildman–Crippen LogP) is 6.32. The molecular weight excluding hydrogens is 540 g/mol. The van der Waals surface area contributed by atoms with Crippen molar-refractivity contribution in [2.24, 2.45) is 0 Å². The number of ketones is 1. The summed E-state index contributed by atoms with van der Waals surface area (Å²) in [5.74, 6) is -0.879. The van der Waals surface area contributed by atoms with Gasteiger partial charge in [-0.05, 0) is 73.0 Å². The van der Waals surface area contributed by atoms with Crippen LogP contribution in [0.25, 0.3) is 16.0 Å². The molecule has 36 heavy (non-hydrogen) atoms. The molecule has 0 radical (unpaired) electrons. The number of fused-ring (bicyclic) bond motifs is 2. The Balaban J connectivity index is 1.53. The number of aliphatic hydroxyl groups excluding tert-OH is 1. The fourth-order valence-corrected chi connectivity index (χ4v) is 6.19. The van der Waals surface area contributed by atoms with Crippen LogP contribution in [0.4, 0.5) is 5.13 Å². The van der Waals surface area contributed by atoms with Crippen molar-refractivity contribution >= 4 is 60.1 Å². The summed E-state index contributed by atoms with van der Waals surface area (Å²) < 4.78 is 7.57. The van der Waals surface area contributed by atoms with Gasteiger partial charge in [0.2, 0.25) is 0 Å². The molecule has 0 unspecified atom stereocenters. The summed E-state index contributed by atoms with van der Waals surface area (Å²) in [5, 5.41) is 11.9. The van der Waals surface area contributed by atoms with Crippen molar-refractivity contribution in [2.45, 2.75) is 32.4 Å². The van der Waals surface area contributed by atoms with Gasteiger partial charge in [-0.15, -0.1) is 0 Å². The second kappa shape index (κ2) is 8.57. The van der Waals surface area contributed by atoms with Crippen molar-refractivity contribution in [2.75, 3.05) is 4.90 Å². The monoisotopic (exact) mass is 560 g/mol. The number of aromatic nitrogens is 1. The molecule has 2 atom stereocenters. The lowest BCUT2D eigenvalue weighted by Crippen LogP contribution is -2.29. The first-order valence-corrected chi connectivity index (χ1v) is 13.1. The topological polar surface area (TPSA) is 79.7 Å². The van der Waals surface area contributed by atoms with Gasteiger partial charge < -0.3 is 9.84 Å². The molecule has 0 aliphatic carbocycles. The van der Waals surface area contributed by atoms with E-state index >= 15 is 0 Å². The van der Waals surface area contributed by atoms with Crippen molar-refractivity contribution in [3.05, 3.63) is 93.0 Å². The summed E-state index contributed by atoms with van der Waals surface area (Å²) in [5.41, 5.74) is 4.02. The van der Waals surface area contributed by atoms with E-state index in [0.29, 0.717) is 22.7 Å². The van der Waals surface area contributed by atoms with Crippen LogP contribution in [0.15, 0.2) is 70.7 Å². The van der Waals surface area contributed by atoms with E-state index < -0.39 is 17.7 Å². The number of carbonyl (C=O) groups is 2. The average Bonchev–Trinajstić information content (AvgIpc) is 3.51. The lowest BCUT2D eigenvalue weighted by atomic mass is 9.94. The number of halogens is 1. The number of thiazole rings is 1. The van der Waals surface area contributed by atoms with Crippen molar-refractivity contribution < 1.29 is 19.4 Å². The van der Waals surface area contributed by atoms with Gasteiger partial charge in [-0.1, -0.05) is 45.5 Å². The molecule has 1 saturated heterocycles. The number of carbonyl (C=O) groups excluding carboxylic acids is 2. The number of aryl methyl sites for hydroxylation is 1. The van der Waals surface area contributed by atoms with Crippen molar-refractivity contribution in [1.29, 1.82) is 0 Å². The molecule has 1 N–H and O–H groups in total. The molecule has 0 saturated carbocycles. The van der Waals surface area contributed by atoms with Gasteiger partial charge in [-0.2, -0.15) is 0 Å². The summed E-state index contributed by atoms with van der Waals surface area (Å²) in [6, 6.07) is 17.8. The zero-order chi connectivity index (χ0) is 25.1. The molecule has 8 heteroatoms. The molecule has 6 rings (SSSR count). The summed E-state index contributed by atoms with van der Waals surface area (Å²) >= 11 is 4.80. The Morgan fingerprint density at radius 2 is 1.89 bits per heavy atom. The summed E-state index contributed by atoms with van der Waals surface area (Å²) in [4.78, 5) is 33.0. The number of hydrogen-bond donors (Lipinski definition) is 1. The normalized spacial score (nSPS) is 20.7. The molecule has 4 aromatic rings. The molecule has 2 aliphatic heterocycles. The fraction of sp³-hybridized carbons (Fsp3) is 0.179. The molecule has 180 valence electrons. The van der Waals surface area contributed by atoms with Crippen LogP contribution in [0.5, 0.6) is 5.75 Å². The highest BCUT2D eigenvalue weighted by Gasteiger charge is 2.48. The lowest BCUT2D eigenvalue weighted by molar-refractivity contribution is -0.132. The van der Waals surface area contributed by atoms with Gasteiger partial charge in [0, 0.05) is 16.5 Å². The predicted molar refractivity (Wildman–Crippen MR) is 144 cm³/mol. The standard InChI is InChI=1S/C28H21BrN2O4S/c1-14-3-9-20-22(11-14)36-28(30-20)31-24(16-4-7-19(29)8-5-16)23(26(33)27(31)34)25(32)17-6-10-21-18(13-17)12-15(2)35-21/h3-11,13,15,24,32H,12H2,1-2H3/b25-23+/t15-,24+/m0/s1. The highest BCUT2D eigenvalue weighted by molar-refractivity contribution is 9.10. The van der Waals surface area contributed by atoms with E-state index in [1.54, 1.807) is 12.1 Å². The number of aliphatic hydroxyl groups is 1. The second-order valence-electron chi connectivity index (χ2n) is 9.14. The van der Waals surface area contributed by atoms with Crippen molar-refractivity contribution in [1.82, 2.24) is 4.98 Å². The first-order chi connectivity index (χ1) is 17.3. The highest BCUT2D eigenvalue weighted by Crippen LogP contribution is 2.45. The highest BCUT2D eigenvalue weighted by atomic mass is 79.9. The second-order valence-corrected chi connectivity index (χ2v) is 11.1. The number of rotatable bonds is 3. The fourth-order valence-electron chi connectivity index (χ4n) is 4.84. The molecule has 0 spiro atoms. The van der Waals surface area contributed by atoms with E-state index in [2.05, 4.69) is 20.9 Å². The number of ether oxygens (including phenoxy) is 1. The molecule has 3 aromatic carbocycles. The Bertz CT molecular complexity index is 1590. The number of hydrogen-bond acceptors (Lipinski definition) is 6. The molecular formula is C28H21BrN2O4S. The lowest BCUT2D eigenvalue weighted by Gasteiger charge is -2.23. The Labute approximate surface area is 220 Å². The minimum absolute atomic E-state index is 0.0460. The number of anilines is 1. The molecule has 0 bridgehead atoms. The van der Waals surface area contributed by atoms with Crippen LogP contribution < -0.4 is 9.64 Å². The maximum atomic E-state index is 13.4. The van der Waals surface area contributed by atoms with E-state index in [9.17, 15) is 14.7 Å². The quantitative estimate of drug-likeness (QED) is 0.180. The van der Waals surface area contributed by atoms with Gasteiger partial charge in [-0.25, -0.2) is 4.98 Å². The smallest absolute Gasteiger partial charge is 0.301 e. The maximum Gasteiger partial charge on any atom is 0.301 e. The Morgan fingerprint density at radius 1 is 1.11 bits per heavy atom. The van der Waals surface area contributed by atoms with Crippen LogP contribution in [0, 0.1) is 6.92 Å². The molecule has 3 heterocycles. The average molecular weight is 561 g/mol. The summed E-state index contributed by atoms with van der Waals surface area (Å²) in [6.45, 7) is 3.98. The van der Waals surface area contributed by atoms with Crippen LogP contribution in [0.1, 0.15) is 35.2 Å². The Hall–Kier alpha value is -3.49. The maximum absolute atomic E-state index is 13.4. The zero-order valence-corrected chi connectivity index (χ0v) is 21.9. The van der Waals surface area contributed by atoms with Crippen LogP contribution in [-0.4, -0.2) is 27.9 Å². The minimum atomic E-state index is -0.816. The third kappa shape index (κ3) is 3.72. The molecule has 2 aliphatic rings. The third-order valence-electron chi connectivity index (χ3n) is 6.54. The first kappa shape index (κ1) is 22.9. The summed E-state index contributed by atoms with van der Waals surface area (Å²) in [6.07, 6.45) is 0.764. The summed E-state index contributed by atoms with van der Waals surface area (Å²) in [7, 11) is 0. The molecule has 1 fully saturated rings. The number of Topliss-reactive ketones (excluding diaryl/α,β-unsaturated/α-hetero) is 1. The SMILES string of the molecule is Cc1ccc2nc(N3C(=O)C(=O)/C(=C(/O)c4ccc5c(c4)C[C@H](C)O5)[C@H]3c3ccc(Br)cc3)sc2c1. The van der Waals surface area contributed by atoms with Crippen LogP contribution in [0.3, 0.4) is 0 Å². The largest absolute Gasteiger partial charge is 0.507 e. The van der Waals surface area contributed by atoms with Crippen molar-refractivity contribution in [3.63, 3.8) is 0 Å². The third-order valence-corrected chi connectivity index (χ3v) is 8.08. The molecule has 6 nitrogen and oxygen atoms in total. The first-order valence-electron chi connectivity index (χ1n) is 11.5. The van der Waals surface area contributed by atoms with E-state index in [4.69, 9.17) is 4.74 Å². The van der Waals surface area contributed by atoms with Crippen LogP contribution in [0.2, 0.25) is 0 Å². The molecule has 1 aromatic heterocycles. The molecule has 1 amide bonds. The van der Waals surface area contributed by atoms with Gasteiger partial charge in [0.15, 0.2) is 5.13 Å². The van der Waals surface area contributed by atoms with E-state index in [1.165, 1.54) is 16.2 Å². The van der Waals surface area contributed by atoms with Gasteiger partial charge in [0.1, 0.15) is 17.6 Å². The van der Waals surface area contributed by atoms with Gasteiger partial charge >= 0.3 is 5.91 Å². The Kier molecular flexibility index (Phi) is 5.46. The van der Waals surface area contributed by atoms with Crippen molar-refractivity contribution in [3.8, 4) is 5.75 Å². The van der Waals surface area contributed by atoms with E-state index in [0.717, 1.165) is 31.6 Å². The number of amides is 1. The zero-order valence-electron chi connectivity index (χ0n) is 19.5. The van der Waals surface area contributed by atoms with E-state index in [1.807, 2.05) is 62.4 Å². The number of nitrogens with zero attached hydrogens (tertiary/aromatic N) is 2. The van der Waals surface area contributed by atoms with Crippen LogP contribution in [-0.2, 0) is 16.0 Å². The number of benzene rings is 3. The minimum Gasteiger partial charge on any atom is -0.507 e. The van der Waals surface area contributed by atoms with Gasteiger partial charge in [0.25, 0.3) is 5.78 Å².